The predicted molar refractivity (Wildman–Crippen MR) is 93.9 cm³/mol. The summed E-state index contributed by atoms with van der Waals surface area (Å²) in [6.07, 6.45) is 3.04. The van der Waals surface area contributed by atoms with E-state index < -0.39 is 11.8 Å². The molecule has 0 saturated carbocycles. The zero-order valence-corrected chi connectivity index (χ0v) is 14.4. The Bertz CT molecular complexity index is 616. The summed E-state index contributed by atoms with van der Waals surface area (Å²) in [7, 11) is 1.50. The van der Waals surface area contributed by atoms with Crippen molar-refractivity contribution < 1.29 is 23.8 Å². The minimum Gasteiger partial charge on any atom is -0.490 e. The summed E-state index contributed by atoms with van der Waals surface area (Å²) in [5.41, 5.74) is 2.83. The van der Waals surface area contributed by atoms with Crippen LogP contribution in [0.1, 0.15) is 12.5 Å². The molecule has 136 valence electrons. The monoisotopic (exact) mass is 349 g/mol. The van der Waals surface area contributed by atoms with Crippen LogP contribution >= 0.6 is 0 Å². The molecule has 0 bridgehead atoms. The van der Waals surface area contributed by atoms with Crippen molar-refractivity contribution in [1.82, 2.24) is 10.7 Å². The molecular weight excluding hydrogens is 326 g/mol. The largest absolute Gasteiger partial charge is 0.490 e. The van der Waals surface area contributed by atoms with Gasteiger partial charge in [0, 0.05) is 13.7 Å². The summed E-state index contributed by atoms with van der Waals surface area (Å²) in [5.74, 6) is -0.502. The molecule has 0 aromatic heterocycles. The quantitative estimate of drug-likeness (QED) is 0.215. The lowest BCUT2D eigenvalue weighted by Gasteiger charge is -2.11. The van der Waals surface area contributed by atoms with E-state index in [0.29, 0.717) is 36.9 Å². The Morgan fingerprint density at radius 2 is 2.04 bits per heavy atom. The maximum absolute atomic E-state index is 11.5. The molecule has 0 fully saturated rings. The molecule has 8 nitrogen and oxygen atoms in total. The number of hydrazone groups is 1. The van der Waals surface area contributed by atoms with E-state index in [1.54, 1.807) is 24.3 Å². The molecule has 0 radical (unpaired) electrons. The first-order valence-corrected chi connectivity index (χ1v) is 7.73. The van der Waals surface area contributed by atoms with Gasteiger partial charge in [-0.25, -0.2) is 5.43 Å². The van der Waals surface area contributed by atoms with Crippen molar-refractivity contribution in [3.05, 3.63) is 36.4 Å². The fraction of sp³-hybridized carbons (Fsp3) is 0.353. The van der Waals surface area contributed by atoms with Crippen LogP contribution in [0.3, 0.4) is 0 Å². The molecule has 1 rings (SSSR count). The summed E-state index contributed by atoms with van der Waals surface area (Å²) in [6.45, 7) is 6.87. The summed E-state index contributed by atoms with van der Waals surface area (Å²) in [6, 6.07) is 5.20. The topological polar surface area (TPSA) is 98.2 Å². The second-order valence-electron chi connectivity index (χ2n) is 4.69. The highest BCUT2D eigenvalue weighted by Gasteiger charge is 2.11. The summed E-state index contributed by atoms with van der Waals surface area (Å²) in [5, 5.41) is 6.15. The minimum absolute atomic E-state index is 0.246. The first kappa shape index (κ1) is 20.2. The molecule has 0 aliphatic carbocycles. The van der Waals surface area contributed by atoms with Crippen molar-refractivity contribution in [2.75, 3.05) is 33.5 Å². The van der Waals surface area contributed by atoms with Crippen molar-refractivity contribution >= 4 is 18.0 Å². The summed E-state index contributed by atoms with van der Waals surface area (Å²) < 4.78 is 15.8. The lowest BCUT2D eigenvalue weighted by molar-refractivity contribution is -0.139. The number of amides is 2. The Morgan fingerprint density at radius 1 is 1.24 bits per heavy atom. The molecule has 1 aromatic carbocycles. The van der Waals surface area contributed by atoms with Crippen LogP contribution in [0.2, 0.25) is 0 Å². The standard InChI is InChI=1S/C17H23N3O5/c1-4-9-25-14-7-6-13(11-15(14)24-5-2)12-19-20-17(22)16(21)18-8-10-23-3/h4,6-7,11-12H,1,5,8-10H2,2-3H3,(H,18,21)(H,20,22)/b19-12+. The maximum atomic E-state index is 11.5. The van der Waals surface area contributed by atoms with Crippen molar-refractivity contribution in [3.8, 4) is 11.5 Å². The number of carbonyl (C=O) groups excluding carboxylic acids is 2. The van der Waals surface area contributed by atoms with E-state index in [1.165, 1.54) is 13.3 Å². The second-order valence-corrected chi connectivity index (χ2v) is 4.69. The Labute approximate surface area is 146 Å². The summed E-state index contributed by atoms with van der Waals surface area (Å²) >= 11 is 0. The van der Waals surface area contributed by atoms with Crippen LogP contribution in [0.4, 0.5) is 0 Å². The number of nitrogens with zero attached hydrogens (tertiary/aromatic N) is 1. The fourth-order valence-corrected chi connectivity index (χ4v) is 1.70. The molecule has 1 aromatic rings. The molecule has 25 heavy (non-hydrogen) atoms. The molecule has 8 heteroatoms. The third kappa shape index (κ3) is 7.49. The molecular formula is C17H23N3O5. The van der Waals surface area contributed by atoms with Gasteiger partial charge in [0.25, 0.3) is 0 Å². The third-order valence-corrected chi connectivity index (χ3v) is 2.80. The predicted octanol–water partition coefficient (Wildman–Crippen LogP) is 0.863. The molecule has 2 amide bonds. The Kier molecular flexibility index (Phi) is 9.39. The molecule has 0 saturated heterocycles. The normalized spacial score (nSPS) is 10.3. The van der Waals surface area contributed by atoms with Crippen LogP contribution in [-0.4, -0.2) is 51.5 Å². The van der Waals surface area contributed by atoms with Gasteiger partial charge >= 0.3 is 11.8 Å². The smallest absolute Gasteiger partial charge is 0.329 e. The van der Waals surface area contributed by atoms with E-state index in [1.807, 2.05) is 6.92 Å². The molecule has 0 unspecified atom stereocenters. The maximum Gasteiger partial charge on any atom is 0.329 e. The first-order chi connectivity index (χ1) is 12.1. The van der Waals surface area contributed by atoms with Crippen LogP contribution < -0.4 is 20.2 Å². The van der Waals surface area contributed by atoms with Crippen molar-refractivity contribution in [3.63, 3.8) is 0 Å². The van der Waals surface area contributed by atoms with E-state index in [2.05, 4.69) is 22.4 Å². The molecule has 0 aliphatic rings. The van der Waals surface area contributed by atoms with Gasteiger partial charge in [0.2, 0.25) is 0 Å². The number of ether oxygens (including phenoxy) is 3. The van der Waals surface area contributed by atoms with Crippen molar-refractivity contribution in [2.24, 2.45) is 5.10 Å². The van der Waals surface area contributed by atoms with Crippen LogP contribution in [0.15, 0.2) is 36.0 Å². The van der Waals surface area contributed by atoms with Gasteiger partial charge in [-0.15, -0.1) is 0 Å². The molecule has 0 atom stereocenters. The van der Waals surface area contributed by atoms with E-state index in [-0.39, 0.29) is 6.54 Å². The average Bonchev–Trinajstić information content (AvgIpc) is 2.61. The first-order valence-electron chi connectivity index (χ1n) is 7.73. The van der Waals surface area contributed by atoms with E-state index in [4.69, 9.17) is 14.2 Å². The van der Waals surface area contributed by atoms with Crippen LogP contribution in [-0.2, 0) is 14.3 Å². The van der Waals surface area contributed by atoms with Gasteiger partial charge in [-0.2, -0.15) is 5.10 Å². The number of nitrogens with one attached hydrogen (secondary N) is 2. The fourth-order valence-electron chi connectivity index (χ4n) is 1.70. The zero-order valence-electron chi connectivity index (χ0n) is 14.4. The van der Waals surface area contributed by atoms with Crippen molar-refractivity contribution in [1.29, 1.82) is 0 Å². The number of benzene rings is 1. The van der Waals surface area contributed by atoms with Crippen LogP contribution in [0, 0.1) is 0 Å². The highest BCUT2D eigenvalue weighted by molar-refractivity contribution is 6.35. The highest BCUT2D eigenvalue weighted by Crippen LogP contribution is 2.28. The van der Waals surface area contributed by atoms with Crippen LogP contribution in [0.5, 0.6) is 11.5 Å². The SMILES string of the molecule is C=CCOc1ccc(/C=N/NC(=O)C(=O)NCCOC)cc1OCC. The molecule has 0 heterocycles. The van der Waals surface area contributed by atoms with Gasteiger partial charge in [-0.05, 0) is 30.7 Å². The molecule has 2 N–H and O–H groups in total. The minimum atomic E-state index is -0.858. The lowest BCUT2D eigenvalue weighted by Crippen LogP contribution is -2.39. The number of methoxy groups -OCH3 is 1. The van der Waals surface area contributed by atoms with Gasteiger partial charge in [-0.1, -0.05) is 12.7 Å². The van der Waals surface area contributed by atoms with E-state index in [0.717, 1.165) is 0 Å². The average molecular weight is 349 g/mol. The van der Waals surface area contributed by atoms with E-state index >= 15 is 0 Å². The highest BCUT2D eigenvalue weighted by atomic mass is 16.5. The number of hydrogen-bond donors (Lipinski definition) is 2. The van der Waals surface area contributed by atoms with Crippen molar-refractivity contribution in [2.45, 2.75) is 6.92 Å². The number of hydrogen-bond acceptors (Lipinski definition) is 6. The lowest BCUT2D eigenvalue weighted by atomic mass is 10.2. The van der Waals surface area contributed by atoms with Crippen LogP contribution in [0.25, 0.3) is 0 Å². The van der Waals surface area contributed by atoms with Gasteiger partial charge in [0.05, 0.1) is 19.4 Å². The second kappa shape index (κ2) is 11.6. The number of rotatable bonds is 10. The Hall–Kier alpha value is -2.87. The number of carbonyl (C=O) groups is 2. The molecule has 0 spiro atoms. The van der Waals surface area contributed by atoms with Gasteiger partial charge in [0.15, 0.2) is 11.5 Å². The van der Waals surface area contributed by atoms with E-state index in [9.17, 15) is 9.59 Å². The molecule has 0 aliphatic heterocycles. The van der Waals surface area contributed by atoms with Gasteiger partial charge in [-0.3, -0.25) is 9.59 Å². The Morgan fingerprint density at radius 3 is 2.72 bits per heavy atom. The van der Waals surface area contributed by atoms with Gasteiger partial charge < -0.3 is 19.5 Å². The Balaban J connectivity index is 2.64. The third-order valence-electron chi connectivity index (χ3n) is 2.80. The van der Waals surface area contributed by atoms with Gasteiger partial charge in [0.1, 0.15) is 6.61 Å². The zero-order chi connectivity index (χ0) is 18.5. The summed E-state index contributed by atoms with van der Waals surface area (Å²) in [4.78, 5) is 23.0.